The van der Waals surface area contributed by atoms with E-state index in [1.165, 1.54) is 18.2 Å². The maximum atomic E-state index is 11.7. The standard InChI is InChI=1S/C9H6N2O3S/c10-5-8-11-9(12)6-3-1-2-4-7(6)15(8,13)14/h1-4,8H,(H,11,12). The number of carbonyl (C=O) groups is 1. The van der Waals surface area contributed by atoms with Crippen molar-refractivity contribution in [1.29, 1.82) is 5.26 Å². The number of rotatable bonds is 0. The number of sulfone groups is 1. The summed E-state index contributed by atoms with van der Waals surface area (Å²) in [7, 11) is -3.76. The normalized spacial score (nSPS) is 22.3. The van der Waals surface area contributed by atoms with Crippen LogP contribution in [0.2, 0.25) is 0 Å². The van der Waals surface area contributed by atoms with E-state index in [0.717, 1.165) is 0 Å². The summed E-state index contributed by atoms with van der Waals surface area (Å²) in [6.45, 7) is 0. The number of carbonyl (C=O) groups excluding carboxylic acids is 1. The highest BCUT2D eigenvalue weighted by atomic mass is 32.2. The van der Waals surface area contributed by atoms with Gasteiger partial charge in [-0.3, -0.25) is 4.79 Å². The summed E-state index contributed by atoms with van der Waals surface area (Å²) in [5.41, 5.74) is 0.0870. The van der Waals surface area contributed by atoms with E-state index in [4.69, 9.17) is 5.26 Å². The molecular formula is C9H6N2O3S. The first-order chi connectivity index (χ1) is 7.07. The first-order valence-corrected chi connectivity index (χ1v) is 5.65. The minimum atomic E-state index is -3.76. The molecule has 6 heteroatoms. The molecule has 1 unspecified atom stereocenters. The lowest BCUT2D eigenvalue weighted by Crippen LogP contribution is -2.44. The Morgan fingerprint density at radius 2 is 2.00 bits per heavy atom. The van der Waals surface area contributed by atoms with Crippen LogP contribution in [0.25, 0.3) is 0 Å². The van der Waals surface area contributed by atoms with E-state index >= 15 is 0 Å². The van der Waals surface area contributed by atoms with Gasteiger partial charge in [-0.15, -0.1) is 0 Å². The number of nitrogens with one attached hydrogen (secondary N) is 1. The van der Waals surface area contributed by atoms with Crippen LogP contribution in [0.3, 0.4) is 0 Å². The summed E-state index contributed by atoms with van der Waals surface area (Å²) in [4.78, 5) is 11.3. The van der Waals surface area contributed by atoms with Crippen LogP contribution in [0.4, 0.5) is 0 Å². The number of nitriles is 1. The van der Waals surface area contributed by atoms with E-state index in [1.54, 1.807) is 12.1 Å². The van der Waals surface area contributed by atoms with Crippen molar-refractivity contribution in [2.24, 2.45) is 0 Å². The minimum Gasteiger partial charge on any atom is -0.323 e. The van der Waals surface area contributed by atoms with Gasteiger partial charge in [-0.05, 0) is 12.1 Å². The molecule has 1 aromatic rings. The summed E-state index contributed by atoms with van der Waals surface area (Å²) in [5, 5.41) is 9.26. The molecule has 1 heterocycles. The Balaban J connectivity index is 2.75. The lowest BCUT2D eigenvalue weighted by molar-refractivity contribution is 0.0946. The van der Waals surface area contributed by atoms with Crippen LogP contribution in [0.15, 0.2) is 29.2 Å². The highest BCUT2D eigenvalue weighted by molar-refractivity contribution is 7.92. The zero-order valence-electron chi connectivity index (χ0n) is 7.47. The molecule has 0 aliphatic carbocycles. The van der Waals surface area contributed by atoms with Gasteiger partial charge in [0.15, 0.2) is 0 Å². The molecule has 0 aromatic heterocycles. The Kier molecular flexibility index (Phi) is 1.98. The van der Waals surface area contributed by atoms with Gasteiger partial charge in [-0.2, -0.15) is 5.26 Å². The van der Waals surface area contributed by atoms with Crippen molar-refractivity contribution in [2.45, 2.75) is 10.3 Å². The topological polar surface area (TPSA) is 87.0 Å². The van der Waals surface area contributed by atoms with Gasteiger partial charge in [0.2, 0.25) is 15.2 Å². The molecule has 0 fully saturated rings. The zero-order valence-corrected chi connectivity index (χ0v) is 8.28. The van der Waals surface area contributed by atoms with Crippen molar-refractivity contribution in [1.82, 2.24) is 5.32 Å². The summed E-state index contributed by atoms with van der Waals surface area (Å²) < 4.78 is 23.5. The highest BCUT2D eigenvalue weighted by Crippen LogP contribution is 2.23. The summed E-state index contributed by atoms with van der Waals surface area (Å²) >= 11 is 0. The average Bonchev–Trinajstić information content (AvgIpc) is 2.24. The maximum Gasteiger partial charge on any atom is 0.254 e. The van der Waals surface area contributed by atoms with Crippen LogP contribution >= 0.6 is 0 Å². The van der Waals surface area contributed by atoms with Crippen molar-refractivity contribution < 1.29 is 13.2 Å². The summed E-state index contributed by atoms with van der Waals surface area (Å²) in [6.07, 6.45) is 0. The second-order valence-corrected chi connectivity index (χ2v) is 5.03. The second-order valence-electron chi connectivity index (χ2n) is 3.02. The largest absolute Gasteiger partial charge is 0.323 e. The molecular weight excluding hydrogens is 216 g/mol. The Hall–Kier alpha value is -1.87. The molecule has 5 nitrogen and oxygen atoms in total. The molecule has 15 heavy (non-hydrogen) atoms. The number of nitrogens with zero attached hydrogens (tertiary/aromatic N) is 1. The minimum absolute atomic E-state index is 0.0831. The summed E-state index contributed by atoms with van der Waals surface area (Å²) in [6, 6.07) is 7.37. The predicted molar refractivity (Wildman–Crippen MR) is 50.5 cm³/mol. The van der Waals surface area contributed by atoms with Crippen molar-refractivity contribution in [2.75, 3.05) is 0 Å². The maximum absolute atomic E-state index is 11.7. The quantitative estimate of drug-likeness (QED) is 0.672. The molecule has 76 valence electrons. The van der Waals surface area contributed by atoms with Gasteiger partial charge in [-0.1, -0.05) is 12.1 Å². The fraction of sp³-hybridized carbons (Fsp3) is 0.111. The van der Waals surface area contributed by atoms with E-state index in [-0.39, 0.29) is 10.5 Å². The molecule has 0 saturated carbocycles. The number of fused-ring (bicyclic) bond motifs is 1. The van der Waals surface area contributed by atoms with Crippen molar-refractivity contribution in [3.05, 3.63) is 29.8 Å². The number of hydrogen-bond acceptors (Lipinski definition) is 4. The van der Waals surface area contributed by atoms with Gasteiger partial charge in [0.25, 0.3) is 5.91 Å². The monoisotopic (exact) mass is 222 g/mol. The van der Waals surface area contributed by atoms with Gasteiger partial charge in [0, 0.05) is 0 Å². The Bertz CT molecular complexity index is 571. The van der Waals surface area contributed by atoms with Crippen LogP contribution in [0.1, 0.15) is 10.4 Å². The Labute approximate surface area is 86.2 Å². The van der Waals surface area contributed by atoms with Gasteiger partial charge < -0.3 is 5.32 Å². The van der Waals surface area contributed by atoms with Crippen molar-refractivity contribution >= 4 is 15.7 Å². The van der Waals surface area contributed by atoms with Crippen LogP contribution in [-0.2, 0) is 9.84 Å². The third-order valence-electron chi connectivity index (χ3n) is 2.13. The van der Waals surface area contributed by atoms with Crippen LogP contribution < -0.4 is 5.32 Å². The van der Waals surface area contributed by atoms with Crippen molar-refractivity contribution in [3.8, 4) is 6.07 Å². The molecule has 0 radical (unpaired) electrons. The average molecular weight is 222 g/mol. The van der Waals surface area contributed by atoms with E-state index in [0.29, 0.717) is 0 Å². The van der Waals surface area contributed by atoms with E-state index in [1.807, 2.05) is 0 Å². The SMILES string of the molecule is N#CC1NC(=O)c2ccccc2S1(=O)=O. The van der Waals surface area contributed by atoms with E-state index in [2.05, 4.69) is 5.32 Å². The molecule has 1 amide bonds. The predicted octanol–water partition coefficient (Wildman–Crippen LogP) is 0.0534. The second kappa shape index (κ2) is 3.07. The van der Waals surface area contributed by atoms with Gasteiger partial charge >= 0.3 is 0 Å². The number of amides is 1. The molecule has 2 rings (SSSR count). The third-order valence-corrected chi connectivity index (χ3v) is 3.94. The lowest BCUT2D eigenvalue weighted by atomic mass is 10.2. The van der Waals surface area contributed by atoms with Gasteiger partial charge in [0.05, 0.1) is 10.5 Å². The van der Waals surface area contributed by atoms with Crippen LogP contribution in [0, 0.1) is 11.3 Å². The molecule has 1 atom stereocenters. The number of benzene rings is 1. The fourth-order valence-electron chi connectivity index (χ4n) is 1.41. The lowest BCUT2D eigenvalue weighted by Gasteiger charge is -2.20. The smallest absolute Gasteiger partial charge is 0.254 e. The van der Waals surface area contributed by atoms with E-state index < -0.39 is 21.1 Å². The summed E-state index contributed by atoms with van der Waals surface area (Å²) in [5.74, 6) is -0.535. The molecule has 1 aliphatic heterocycles. The molecule has 1 aliphatic rings. The molecule has 0 saturated heterocycles. The first-order valence-electron chi connectivity index (χ1n) is 4.11. The molecule has 1 N–H and O–H groups in total. The van der Waals surface area contributed by atoms with Gasteiger partial charge in [-0.25, -0.2) is 8.42 Å². The zero-order chi connectivity index (χ0) is 11.1. The molecule has 1 aromatic carbocycles. The Morgan fingerprint density at radius 1 is 1.33 bits per heavy atom. The van der Waals surface area contributed by atoms with E-state index in [9.17, 15) is 13.2 Å². The molecule has 0 spiro atoms. The first kappa shape index (κ1) is 9.68. The third kappa shape index (κ3) is 1.28. The van der Waals surface area contributed by atoms with Crippen molar-refractivity contribution in [3.63, 3.8) is 0 Å². The van der Waals surface area contributed by atoms with Crippen LogP contribution in [0.5, 0.6) is 0 Å². The van der Waals surface area contributed by atoms with Crippen LogP contribution in [-0.4, -0.2) is 19.7 Å². The fourth-order valence-corrected chi connectivity index (χ4v) is 2.80. The molecule has 0 bridgehead atoms. The van der Waals surface area contributed by atoms with Gasteiger partial charge in [0.1, 0.15) is 6.07 Å². The number of hydrogen-bond donors (Lipinski definition) is 1. The highest BCUT2D eigenvalue weighted by Gasteiger charge is 2.37. The Morgan fingerprint density at radius 3 is 2.67 bits per heavy atom.